The molecule has 1 saturated heterocycles. The number of hydrogen-bond acceptors (Lipinski definition) is 4. The van der Waals surface area contributed by atoms with Crippen LogP contribution in [0.3, 0.4) is 0 Å². The van der Waals surface area contributed by atoms with Gasteiger partial charge in [-0.2, -0.15) is 0 Å². The molecule has 168 valence electrons. The Morgan fingerprint density at radius 1 is 1.19 bits per heavy atom. The molecule has 0 bridgehead atoms. The summed E-state index contributed by atoms with van der Waals surface area (Å²) >= 11 is 6.22. The van der Waals surface area contributed by atoms with E-state index in [2.05, 4.69) is 15.2 Å². The highest BCUT2D eigenvalue weighted by molar-refractivity contribution is 6.33. The largest absolute Gasteiger partial charge is 0.379 e. The Hall–Kier alpha value is -2.87. The molecule has 0 radical (unpaired) electrons. The normalized spacial score (nSPS) is 14.4. The Morgan fingerprint density at radius 2 is 1.97 bits per heavy atom. The molecule has 3 aromatic rings. The number of H-pyrrole nitrogens is 1. The summed E-state index contributed by atoms with van der Waals surface area (Å²) in [5.41, 5.74) is 2.76. The Morgan fingerprint density at radius 3 is 2.75 bits per heavy atom. The number of aromatic amines is 1. The molecule has 1 fully saturated rings. The Kier molecular flexibility index (Phi) is 7.09. The third kappa shape index (κ3) is 5.48. The van der Waals surface area contributed by atoms with Crippen molar-refractivity contribution in [2.24, 2.45) is 0 Å². The topological polar surface area (TPSA) is 77.7 Å². The number of ether oxygens (including phenoxy) is 1. The zero-order chi connectivity index (χ0) is 22.5. The second-order valence-corrected chi connectivity index (χ2v) is 8.41. The van der Waals surface area contributed by atoms with E-state index in [1.165, 1.54) is 0 Å². The maximum Gasteiger partial charge on any atom is 0.322 e. The molecule has 1 aliphatic heterocycles. The first-order valence-corrected chi connectivity index (χ1v) is 11.1. The molecule has 7 nitrogen and oxygen atoms in total. The predicted octanol–water partition coefficient (Wildman–Crippen LogP) is 3.86. The minimum Gasteiger partial charge on any atom is -0.379 e. The van der Waals surface area contributed by atoms with Gasteiger partial charge in [-0.25, -0.2) is 4.79 Å². The number of rotatable bonds is 6. The number of morpholine rings is 1. The van der Waals surface area contributed by atoms with Gasteiger partial charge in [0.2, 0.25) is 0 Å². The fourth-order valence-corrected chi connectivity index (χ4v) is 3.96. The molecule has 0 spiro atoms. The maximum absolute atomic E-state index is 13.2. The fraction of sp³-hybridized carbons (Fsp3) is 0.333. The molecule has 0 unspecified atom stereocenters. The predicted molar refractivity (Wildman–Crippen MR) is 127 cm³/mol. The number of nitrogens with zero attached hydrogens (tertiary/aromatic N) is 2. The third-order valence-corrected chi connectivity index (χ3v) is 5.96. The van der Waals surface area contributed by atoms with Crippen LogP contribution in [0.5, 0.6) is 0 Å². The molecule has 2 amide bonds. The molecule has 0 aliphatic carbocycles. The molecule has 0 atom stereocenters. The van der Waals surface area contributed by atoms with Gasteiger partial charge in [0.1, 0.15) is 0 Å². The summed E-state index contributed by atoms with van der Waals surface area (Å²) in [6, 6.07) is 14.6. The van der Waals surface area contributed by atoms with Crippen molar-refractivity contribution in [1.29, 1.82) is 0 Å². The molecule has 2 aromatic carbocycles. The number of pyridine rings is 1. The number of urea groups is 1. The van der Waals surface area contributed by atoms with Crippen LogP contribution in [0.25, 0.3) is 10.9 Å². The number of amides is 2. The summed E-state index contributed by atoms with van der Waals surface area (Å²) < 4.78 is 5.41. The highest BCUT2D eigenvalue weighted by Crippen LogP contribution is 2.21. The Labute approximate surface area is 191 Å². The van der Waals surface area contributed by atoms with Crippen molar-refractivity contribution in [2.45, 2.75) is 13.5 Å². The van der Waals surface area contributed by atoms with E-state index in [4.69, 9.17) is 16.3 Å². The maximum atomic E-state index is 13.2. The van der Waals surface area contributed by atoms with Crippen LogP contribution >= 0.6 is 11.6 Å². The van der Waals surface area contributed by atoms with E-state index >= 15 is 0 Å². The molecule has 8 heteroatoms. The zero-order valence-corrected chi connectivity index (χ0v) is 18.8. The van der Waals surface area contributed by atoms with Crippen LogP contribution in [-0.4, -0.2) is 60.2 Å². The molecule has 1 aliphatic rings. The molecule has 4 rings (SSSR count). The van der Waals surface area contributed by atoms with Crippen LogP contribution in [0.15, 0.2) is 53.3 Å². The average Bonchev–Trinajstić information content (AvgIpc) is 2.79. The number of nitrogens with one attached hydrogen (secondary N) is 2. The lowest BCUT2D eigenvalue weighted by Gasteiger charge is -2.30. The number of carbonyl (C=O) groups is 1. The molecule has 2 heterocycles. The molecule has 1 aromatic heterocycles. The number of carbonyl (C=O) groups excluding carboxylic acids is 1. The molecular weight excluding hydrogens is 428 g/mol. The second-order valence-electron chi connectivity index (χ2n) is 8.00. The number of aryl methyl sites for hydroxylation is 1. The summed E-state index contributed by atoms with van der Waals surface area (Å²) in [5.74, 6) is 0. The minimum atomic E-state index is -0.297. The van der Waals surface area contributed by atoms with Crippen molar-refractivity contribution in [1.82, 2.24) is 14.8 Å². The van der Waals surface area contributed by atoms with Crippen molar-refractivity contribution in [3.63, 3.8) is 0 Å². The van der Waals surface area contributed by atoms with Gasteiger partial charge in [-0.1, -0.05) is 35.9 Å². The third-order valence-electron chi connectivity index (χ3n) is 5.63. The van der Waals surface area contributed by atoms with Gasteiger partial charge in [0.15, 0.2) is 0 Å². The smallest absolute Gasteiger partial charge is 0.322 e. The Balaban J connectivity index is 1.56. The number of fused-ring (bicyclic) bond motifs is 1. The number of aromatic nitrogens is 1. The molecule has 2 N–H and O–H groups in total. The molecule has 0 saturated carbocycles. The summed E-state index contributed by atoms with van der Waals surface area (Å²) in [7, 11) is 0. The average molecular weight is 455 g/mol. The van der Waals surface area contributed by atoms with Crippen LogP contribution in [0.2, 0.25) is 5.02 Å². The lowest BCUT2D eigenvalue weighted by Crippen LogP contribution is -2.44. The lowest BCUT2D eigenvalue weighted by atomic mass is 10.1. The first-order chi connectivity index (χ1) is 15.5. The summed E-state index contributed by atoms with van der Waals surface area (Å²) in [6.45, 7) is 6.39. The first-order valence-electron chi connectivity index (χ1n) is 10.7. The van der Waals surface area contributed by atoms with Gasteiger partial charge in [0.05, 0.1) is 30.5 Å². The lowest BCUT2D eigenvalue weighted by molar-refractivity contribution is 0.0349. The number of halogens is 1. The summed E-state index contributed by atoms with van der Waals surface area (Å²) in [5, 5.41) is 4.28. The van der Waals surface area contributed by atoms with E-state index < -0.39 is 0 Å². The molecular formula is C24H27ClN4O3. The van der Waals surface area contributed by atoms with E-state index in [1.54, 1.807) is 17.0 Å². The number of anilines is 1. The van der Waals surface area contributed by atoms with Gasteiger partial charge >= 0.3 is 6.03 Å². The summed E-state index contributed by atoms with van der Waals surface area (Å²) in [4.78, 5) is 32.8. The summed E-state index contributed by atoms with van der Waals surface area (Å²) in [6.07, 6.45) is 0. The van der Waals surface area contributed by atoms with E-state index in [-0.39, 0.29) is 18.1 Å². The highest BCUT2D eigenvalue weighted by atomic mass is 35.5. The van der Waals surface area contributed by atoms with Gasteiger partial charge in [-0.05, 0) is 42.1 Å². The van der Waals surface area contributed by atoms with Gasteiger partial charge in [-0.3, -0.25) is 9.69 Å². The fourth-order valence-electron chi connectivity index (χ4n) is 3.78. The van der Waals surface area contributed by atoms with E-state index in [9.17, 15) is 9.59 Å². The zero-order valence-electron chi connectivity index (χ0n) is 18.1. The van der Waals surface area contributed by atoms with Gasteiger partial charge < -0.3 is 19.9 Å². The van der Waals surface area contributed by atoms with Crippen molar-refractivity contribution in [2.75, 3.05) is 44.7 Å². The Bertz CT molecular complexity index is 1160. The number of para-hydroxylation sites is 1. The van der Waals surface area contributed by atoms with E-state index in [1.807, 2.05) is 43.3 Å². The van der Waals surface area contributed by atoms with Crippen molar-refractivity contribution < 1.29 is 9.53 Å². The van der Waals surface area contributed by atoms with Gasteiger partial charge in [0, 0.05) is 37.3 Å². The van der Waals surface area contributed by atoms with Gasteiger partial charge in [0.25, 0.3) is 5.56 Å². The SMILES string of the molecule is Cc1ccc2cc(CN(CCN3CCOCC3)C(=O)Nc3ccccc3Cl)c(=O)[nH]c2c1. The monoisotopic (exact) mass is 454 g/mol. The second kappa shape index (κ2) is 10.2. The van der Waals surface area contributed by atoms with E-state index in [0.717, 1.165) is 29.6 Å². The molecule has 32 heavy (non-hydrogen) atoms. The van der Waals surface area contributed by atoms with Crippen LogP contribution in [-0.2, 0) is 11.3 Å². The van der Waals surface area contributed by atoms with E-state index in [0.29, 0.717) is 42.6 Å². The number of benzene rings is 2. The van der Waals surface area contributed by atoms with Gasteiger partial charge in [-0.15, -0.1) is 0 Å². The minimum absolute atomic E-state index is 0.190. The standard InChI is InChI=1S/C24H27ClN4O3/c1-17-6-7-18-15-19(23(30)26-22(18)14-17)16-29(9-8-28-10-12-32-13-11-28)24(31)27-21-5-3-2-4-20(21)25/h2-7,14-15H,8-13,16H2,1H3,(H,26,30)(H,27,31). The van der Waals surface area contributed by atoms with Crippen LogP contribution in [0.1, 0.15) is 11.1 Å². The number of hydrogen-bond donors (Lipinski definition) is 2. The quantitative estimate of drug-likeness (QED) is 0.593. The van der Waals surface area contributed by atoms with Crippen molar-refractivity contribution in [3.05, 3.63) is 75.0 Å². The van der Waals surface area contributed by atoms with Crippen molar-refractivity contribution in [3.8, 4) is 0 Å². The highest BCUT2D eigenvalue weighted by Gasteiger charge is 2.19. The van der Waals surface area contributed by atoms with Crippen LogP contribution in [0, 0.1) is 6.92 Å². The van der Waals surface area contributed by atoms with Crippen LogP contribution < -0.4 is 10.9 Å². The van der Waals surface area contributed by atoms with Crippen molar-refractivity contribution >= 4 is 34.2 Å². The first kappa shape index (κ1) is 22.3. The van der Waals surface area contributed by atoms with Crippen LogP contribution in [0.4, 0.5) is 10.5 Å².